The van der Waals surface area contributed by atoms with Gasteiger partial charge in [0.15, 0.2) is 0 Å². The average molecular weight is 254 g/mol. The first-order valence-electron chi connectivity index (χ1n) is 8.00. The second-order valence-corrected chi connectivity index (χ2v) is 8.23. The summed E-state index contributed by atoms with van der Waals surface area (Å²) >= 11 is 0. The van der Waals surface area contributed by atoms with Crippen molar-refractivity contribution in [1.82, 2.24) is 0 Å². The molecule has 2 nitrogen and oxygen atoms in total. The number of nitrogens with zero attached hydrogens (tertiary/aromatic N) is 2. The number of quaternary nitrogens is 2. The number of hydrogen-bond donors (Lipinski definition) is 0. The second kappa shape index (κ2) is 5.50. The minimum Gasteiger partial charge on any atom is -0.328 e. The number of piperidine rings is 2. The third kappa shape index (κ3) is 4.24. The van der Waals surface area contributed by atoms with Gasteiger partial charge in [-0.1, -0.05) is 0 Å². The van der Waals surface area contributed by atoms with E-state index < -0.39 is 0 Å². The molecule has 0 bridgehead atoms. The van der Waals surface area contributed by atoms with Crippen LogP contribution in [0.3, 0.4) is 0 Å². The lowest BCUT2D eigenvalue weighted by molar-refractivity contribution is -0.896. The van der Waals surface area contributed by atoms with Crippen molar-refractivity contribution in [3.8, 4) is 0 Å². The molecule has 2 saturated heterocycles. The fourth-order valence-electron chi connectivity index (χ4n) is 3.69. The van der Waals surface area contributed by atoms with E-state index in [9.17, 15) is 0 Å². The highest BCUT2D eigenvalue weighted by Gasteiger charge is 2.29. The standard InChI is InChI=1S/C16H34N2/c1-17(2)11-7-15(8-12-17)5-6-16-9-13-18(3,4)14-10-16/h15-16H,5-14H2,1-4H3/q+2. The molecule has 0 amide bonds. The van der Waals surface area contributed by atoms with Crippen molar-refractivity contribution < 1.29 is 8.97 Å². The minimum atomic E-state index is 1.04. The molecular weight excluding hydrogens is 220 g/mol. The Morgan fingerprint density at radius 3 is 1.17 bits per heavy atom. The molecule has 18 heavy (non-hydrogen) atoms. The molecule has 0 aromatic carbocycles. The maximum atomic E-state index is 2.39. The van der Waals surface area contributed by atoms with E-state index in [1.807, 2.05) is 0 Å². The SMILES string of the molecule is C[N+]1(C)CCC(CCC2CC[N+](C)(C)CC2)CC1. The Morgan fingerprint density at radius 2 is 0.889 bits per heavy atom. The van der Waals surface area contributed by atoms with Crippen molar-refractivity contribution >= 4 is 0 Å². The molecule has 2 aliphatic heterocycles. The molecule has 0 aromatic heterocycles. The molecule has 0 aromatic rings. The van der Waals surface area contributed by atoms with E-state index >= 15 is 0 Å². The Morgan fingerprint density at radius 1 is 0.611 bits per heavy atom. The van der Waals surface area contributed by atoms with Gasteiger partial charge >= 0.3 is 0 Å². The van der Waals surface area contributed by atoms with Gasteiger partial charge in [0, 0.05) is 0 Å². The molecule has 0 atom stereocenters. The molecule has 0 unspecified atom stereocenters. The lowest BCUT2D eigenvalue weighted by Gasteiger charge is -2.39. The van der Waals surface area contributed by atoms with E-state index in [2.05, 4.69) is 28.2 Å². The highest BCUT2D eigenvalue weighted by Crippen LogP contribution is 2.30. The van der Waals surface area contributed by atoms with Crippen LogP contribution in [0.2, 0.25) is 0 Å². The topological polar surface area (TPSA) is 0 Å². The Balaban J connectivity index is 1.64. The molecule has 106 valence electrons. The summed E-state index contributed by atoms with van der Waals surface area (Å²) in [6.07, 6.45) is 8.92. The van der Waals surface area contributed by atoms with Crippen LogP contribution in [0.4, 0.5) is 0 Å². The van der Waals surface area contributed by atoms with Gasteiger partial charge in [-0.2, -0.15) is 0 Å². The summed E-state index contributed by atoms with van der Waals surface area (Å²) in [5.74, 6) is 2.08. The van der Waals surface area contributed by atoms with Crippen LogP contribution in [-0.4, -0.2) is 63.3 Å². The first kappa shape index (κ1) is 14.3. The van der Waals surface area contributed by atoms with Crippen molar-refractivity contribution in [3.05, 3.63) is 0 Å². The van der Waals surface area contributed by atoms with Crippen LogP contribution in [-0.2, 0) is 0 Å². The van der Waals surface area contributed by atoms with Gasteiger partial charge in [0.05, 0.1) is 54.4 Å². The molecule has 0 aliphatic carbocycles. The second-order valence-electron chi connectivity index (χ2n) is 8.23. The zero-order chi connectivity index (χ0) is 13.2. The van der Waals surface area contributed by atoms with Crippen molar-refractivity contribution in [2.75, 3.05) is 54.4 Å². The summed E-state index contributed by atoms with van der Waals surface area (Å²) < 4.78 is 2.51. The van der Waals surface area contributed by atoms with Gasteiger partial charge in [0.25, 0.3) is 0 Å². The van der Waals surface area contributed by atoms with Crippen molar-refractivity contribution in [2.24, 2.45) is 11.8 Å². The van der Waals surface area contributed by atoms with Crippen LogP contribution in [0.1, 0.15) is 38.5 Å². The Kier molecular flexibility index (Phi) is 4.38. The van der Waals surface area contributed by atoms with Crippen LogP contribution >= 0.6 is 0 Å². The monoisotopic (exact) mass is 254 g/mol. The van der Waals surface area contributed by atoms with Gasteiger partial charge < -0.3 is 8.97 Å². The van der Waals surface area contributed by atoms with Gasteiger partial charge in [0.1, 0.15) is 0 Å². The van der Waals surface area contributed by atoms with Gasteiger partial charge in [-0.15, -0.1) is 0 Å². The predicted molar refractivity (Wildman–Crippen MR) is 78.4 cm³/mol. The molecule has 2 aliphatic rings. The van der Waals surface area contributed by atoms with Crippen molar-refractivity contribution in [2.45, 2.75) is 38.5 Å². The van der Waals surface area contributed by atoms with Gasteiger partial charge in [-0.05, 0) is 50.4 Å². The third-order valence-electron chi connectivity index (χ3n) is 5.55. The molecule has 2 fully saturated rings. The summed E-state index contributed by atoms with van der Waals surface area (Å²) in [5.41, 5.74) is 0. The minimum absolute atomic E-state index is 1.04. The molecular formula is C16H34N2+2. The van der Waals surface area contributed by atoms with E-state index in [1.165, 1.54) is 73.7 Å². The maximum Gasteiger partial charge on any atom is 0.0785 e. The smallest absolute Gasteiger partial charge is 0.0785 e. The van der Waals surface area contributed by atoms with Crippen LogP contribution < -0.4 is 0 Å². The van der Waals surface area contributed by atoms with E-state index in [0.717, 1.165) is 11.8 Å². The molecule has 0 saturated carbocycles. The first-order valence-corrected chi connectivity index (χ1v) is 8.00. The van der Waals surface area contributed by atoms with Crippen LogP contribution in [0.5, 0.6) is 0 Å². The summed E-state index contributed by atoms with van der Waals surface area (Å²) in [6, 6.07) is 0. The fraction of sp³-hybridized carbons (Fsp3) is 1.00. The Bertz CT molecular complexity index is 222. The lowest BCUT2D eigenvalue weighted by atomic mass is 9.84. The normalized spacial score (nSPS) is 29.3. The summed E-state index contributed by atoms with van der Waals surface area (Å²) in [6.45, 7) is 5.61. The zero-order valence-corrected chi connectivity index (χ0v) is 13.1. The van der Waals surface area contributed by atoms with E-state index in [4.69, 9.17) is 0 Å². The third-order valence-corrected chi connectivity index (χ3v) is 5.55. The van der Waals surface area contributed by atoms with Gasteiger partial charge in [0.2, 0.25) is 0 Å². The summed E-state index contributed by atoms with van der Waals surface area (Å²) in [4.78, 5) is 0. The summed E-state index contributed by atoms with van der Waals surface area (Å²) in [5, 5.41) is 0. The largest absolute Gasteiger partial charge is 0.328 e. The van der Waals surface area contributed by atoms with Gasteiger partial charge in [-0.25, -0.2) is 0 Å². The van der Waals surface area contributed by atoms with Crippen molar-refractivity contribution in [3.63, 3.8) is 0 Å². The van der Waals surface area contributed by atoms with Crippen LogP contribution in [0.25, 0.3) is 0 Å². The Labute approximate surface area is 114 Å². The zero-order valence-electron chi connectivity index (χ0n) is 13.1. The number of likely N-dealkylation sites (tertiary alicyclic amines) is 2. The molecule has 2 heterocycles. The Hall–Kier alpha value is -0.0800. The predicted octanol–water partition coefficient (Wildman–Crippen LogP) is 2.74. The van der Waals surface area contributed by atoms with Crippen LogP contribution in [0.15, 0.2) is 0 Å². The molecule has 0 spiro atoms. The lowest BCUT2D eigenvalue weighted by Crippen LogP contribution is -2.47. The summed E-state index contributed by atoms with van der Waals surface area (Å²) in [7, 11) is 9.55. The average Bonchev–Trinajstić information content (AvgIpc) is 2.29. The molecule has 2 rings (SSSR count). The first-order chi connectivity index (χ1) is 8.36. The fourth-order valence-corrected chi connectivity index (χ4v) is 3.69. The maximum absolute atomic E-state index is 2.39. The van der Waals surface area contributed by atoms with E-state index in [0.29, 0.717) is 0 Å². The molecule has 0 N–H and O–H groups in total. The van der Waals surface area contributed by atoms with Crippen molar-refractivity contribution in [1.29, 1.82) is 0 Å². The number of hydrogen-bond acceptors (Lipinski definition) is 0. The molecule has 2 heteroatoms. The highest BCUT2D eigenvalue weighted by atomic mass is 15.3. The van der Waals surface area contributed by atoms with Gasteiger partial charge in [-0.3, -0.25) is 0 Å². The highest BCUT2D eigenvalue weighted by molar-refractivity contribution is 4.69. The molecule has 0 radical (unpaired) electrons. The van der Waals surface area contributed by atoms with E-state index in [1.54, 1.807) is 0 Å². The van der Waals surface area contributed by atoms with Crippen LogP contribution in [0, 0.1) is 11.8 Å². The van der Waals surface area contributed by atoms with E-state index in [-0.39, 0.29) is 0 Å². The quantitative estimate of drug-likeness (QED) is 0.679. The number of rotatable bonds is 3.